The molecule has 0 aliphatic heterocycles. The van der Waals surface area contributed by atoms with Crippen LogP contribution >= 0.6 is 0 Å². The van der Waals surface area contributed by atoms with Gasteiger partial charge in [-0.25, -0.2) is 4.79 Å². The van der Waals surface area contributed by atoms with Crippen LogP contribution in [0.5, 0.6) is 23.0 Å². The van der Waals surface area contributed by atoms with Crippen molar-refractivity contribution < 1.29 is 29.6 Å². The Bertz CT molecular complexity index is 836. The molecule has 0 atom stereocenters. The number of benzene rings is 2. The molecule has 0 spiro atoms. The fraction of sp³-hybridized carbons (Fsp3) is 0.105. The van der Waals surface area contributed by atoms with Gasteiger partial charge in [-0.05, 0) is 41.5 Å². The smallest absolute Gasteiger partial charge is 0.328 e. The Labute approximate surface area is 144 Å². The molecule has 0 heterocycles. The standard InChI is InChI=1S/C19H18O6/c1-24-16-10-12(4-7-15(16)20)3-6-14-9-13(5-8-18(21)22)11-17(25-2)19(14)23/h3-11,20,23H,1-2H3,(H,21,22)/b6-3?,8-5+. The molecule has 0 amide bonds. The van der Waals surface area contributed by atoms with Gasteiger partial charge in [0.05, 0.1) is 14.2 Å². The summed E-state index contributed by atoms with van der Waals surface area (Å²) in [5.74, 6) is -0.528. The molecule has 6 heteroatoms. The van der Waals surface area contributed by atoms with E-state index >= 15 is 0 Å². The highest BCUT2D eigenvalue weighted by atomic mass is 16.5. The third kappa shape index (κ3) is 4.54. The molecule has 2 rings (SSSR count). The van der Waals surface area contributed by atoms with Gasteiger partial charge in [-0.15, -0.1) is 0 Å². The highest BCUT2D eigenvalue weighted by molar-refractivity contribution is 5.86. The van der Waals surface area contributed by atoms with Crippen molar-refractivity contribution in [3.8, 4) is 23.0 Å². The number of carbonyl (C=O) groups is 1. The molecule has 0 aromatic heterocycles. The summed E-state index contributed by atoms with van der Waals surface area (Å²) >= 11 is 0. The Morgan fingerprint density at radius 1 is 0.920 bits per heavy atom. The van der Waals surface area contributed by atoms with Crippen molar-refractivity contribution in [2.24, 2.45) is 0 Å². The first-order valence-corrected chi connectivity index (χ1v) is 7.31. The maximum Gasteiger partial charge on any atom is 0.328 e. The third-order valence-electron chi connectivity index (χ3n) is 3.42. The number of rotatable bonds is 6. The van der Waals surface area contributed by atoms with Gasteiger partial charge in [0, 0.05) is 11.6 Å². The topological polar surface area (TPSA) is 96.2 Å². The van der Waals surface area contributed by atoms with Crippen molar-refractivity contribution in [2.45, 2.75) is 0 Å². The van der Waals surface area contributed by atoms with E-state index in [1.165, 1.54) is 32.4 Å². The lowest BCUT2D eigenvalue weighted by atomic mass is 10.1. The summed E-state index contributed by atoms with van der Waals surface area (Å²) in [4.78, 5) is 10.7. The van der Waals surface area contributed by atoms with Gasteiger partial charge in [0.2, 0.25) is 0 Å². The fourth-order valence-electron chi connectivity index (χ4n) is 2.18. The van der Waals surface area contributed by atoms with Gasteiger partial charge in [0.25, 0.3) is 0 Å². The first-order chi connectivity index (χ1) is 11.9. The van der Waals surface area contributed by atoms with Crippen molar-refractivity contribution >= 4 is 24.2 Å². The lowest BCUT2D eigenvalue weighted by molar-refractivity contribution is -0.131. The molecule has 0 saturated heterocycles. The zero-order chi connectivity index (χ0) is 18.4. The van der Waals surface area contributed by atoms with Gasteiger partial charge in [-0.1, -0.05) is 18.2 Å². The van der Waals surface area contributed by atoms with Crippen molar-refractivity contribution in [3.05, 3.63) is 53.1 Å². The minimum absolute atomic E-state index is 0.0324. The molecule has 0 aliphatic carbocycles. The van der Waals surface area contributed by atoms with Crippen LogP contribution in [0, 0.1) is 0 Å². The zero-order valence-electron chi connectivity index (χ0n) is 13.8. The van der Waals surface area contributed by atoms with E-state index < -0.39 is 5.97 Å². The Morgan fingerprint density at radius 2 is 1.60 bits per heavy atom. The first-order valence-electron chi connectivity index (χ1n) is 7.31. The highest BCUT2D eigenvalue weighted by Crippen LogP contribution is 2.34. The Hall–Kier alpha value is -3.41. The van der Waals surface area contributed by atoms with Gasteiger partial charge < -0.3 is 24.8 Å². The number of phenols is 2. The molecule has 0 aliphatic rings. The second kappa shape index (κ2) is 7.92. The van der Waals surface area contributed by atoms with Crippen LogP contribution in [0.3, 0.4) is 0 Å². The summed E-state index contributed by atoms with van der Waals surface area (Å²) in [5.41, 5.74) is 1.77. The molecule has 0 radical (unpaired) electrons. The van der Waals surface area contributed by atoms with Gasteiger partial charge in [0.15, 0.2) is 23.0 Å². The van der Waals surface area contributed by atoms with Crippen molar-refractivity contribution in [2.75, 3.05) is 14.2 Å². The minimum atomic E-state index is -1.07. The summed E-state index contributed by atoms with van der Waals surface area (Å²) in [6, 6.07) is 8.01. The average molecular weight is 342 g/mol. The van der Waals surface area contributed by atoms with E-state index in [1.807, 2.05) is 0 Å². The maximum atomic E-state index is 10.7. The SMILES string of the molecule is COc1cc(C=Cc2cc(/C=C/C(=O)O)cc(OC)c2O)ccc1O. The first kappa shape index (κ1) is 17.9. The van der Waals surface area contributed by atoms with E-state index in [-0.39, 0.29) is 17.2 Å². The minimum Gasteiger partial charge on any atom is -0.504 e. The molecule has 6 nitrogen and oxygen atoms in total. The van der Waals surface area contributed by atoms with Crippen LogP contribution < -0.4 is 9.47 Å². The number of ether oxygens (including phenoxy) is 2. The number of hydrogen-bond acceptors (Lipinski definition) is 5. The van der Waals surface area contributed by atoms with E-state index in [9.17, 15) is 15.0 Å². The lowest BCUT2D eigenvalue weighted by Crippen LogP contribution is -1.90. The number of hydrogen-bond donors (Lipinski definition) is 3. The molecule has 0 fully saturated rings. The van der Waals surface area contributed by atoms with Crippen LogP contribution in [0.1, 0.15) is 16.7 Å². The summed E-state index contributed by atoms with van der Waals surface area (Å²) in [6.07, 6.45) is 5.79. The van der Waals surface area contributed by atoms with Crippen molar-refractivity contribution in [3.63, 3.8) is 0 Å². The normalized spacial score (nSPS) is 11.1. The van der Waals surface area contributed by atoms with Crippen LogP contribution in [0.4, 0.5) is 0 Å². The van der Waals surface area contributed by atoms with Crippen LogP contribution in [0.15, 0.2) is 36.4 Å². The molecule has 2 aromatic carbocycles. The molecule has 2 aromatic rings. The number of aliphatic carboxylic acids is 1. The van der Waals surface area contributed by atoms with E-state index in [1.54, 1.807) is 30.4 Å². The number of carboxylic acid groups (broad SMARTS) is 1. The Balaban J connectivity index is 2.40. The van der Waals surface area contributed by atoms with E-state index in [0.717, 1.165) is 11.6 Å². The maximum absolute atomic E-state index is 10.7. The summed E-state index contributed by atoms with van der Waals surface area (Å²) in [6.45, 7) is 0. The Kier molecular flexibility index (Phi) is 5.68. The highest BCUT2D eigenvalue weighted by Gasteiger charge is 2.08. The molecule has 25 heavy (non-hydrogen) atoms. The van der Waals surface area contributed by atoms with Crippen LogP contribution in [-0.4, -0.2) is 35.5 Å². The second-order valence-electron chi connectivity index (χ2n) is 5.10. The molecule has 130 valence electrons. The van der Waals surface area contributed by atoms with E-state index in [2.05, 4.69) is 0 Å². The van der Waals surface area contributed by atoms with Crippen LogP contribution in [-0.2, 0) is 4.79 Å². The fourth-order valence-corrected chi connectivity index (χ4v) is 2.18. The monoisotopic (exact) mass is 342 g/mol. The van der Waals surface area contributed by atoms with Crippen molar-refractivity contribution in [1.29, 1.82) is 0 Å². The number of methoxy groups -OCH3 is 2. The third-order valence-corrected chi connectivity index (χ3v) is 3.42. The second-order valence-corrected chi connectivity index (χ2v) is 5.10. The molecular weight excluding hydrogens is 324 g/mol. The summed E-state index contributed by atoms with van der Waals surface area (Å²) in [5, 5.41) is 28.6. The average Bonchev–Trinajstić information content (AvgIpc) is 2.60. The van der Waals surface area contributed by atoms with E-state index in [4.69, 9.17) is 14.6 Å². The molecule has 0 unspecified atom stereocenters. The van der Waals surface area contributed by atoms with Gasteiger partial charge in [0.1, 0.15) is 0 Å². The Morgan fingerprint density at radius 3 is 2.24 bits per heavy atom. The quantitative estimate of drug-likeness (QED) is 0.550. The lowest BCUT2D eigenvalue weighted by Gasteiger charge is -2.08. The van der Waals surface area contributed by atoms with Gasteiger partial charge in [-0.3, -0.25) is 0 Å². The van der Waals surface area contributed by atoms with Crippen LogP contribution in [0.25, 0.3) is 18.2 Å². The number of carboxylic acids is 1. The predicted octanol–water partition coefficient (Wildman–Crippen LogP) is 3.38. The van der Waals surface area contributed by atoms with Crippen molar-refractivity contribution in [1.82, 2.24) is 0 Å². The number of phenolic OH excluding ortho intramolecular Hbond substituents is 2. The number of aromatic hydroxyl groups is 2. The molecule has 3 N–H and O–H groups in total. The summed E-state index contributed by atoms with van der Waals surface area (Å²) < 4.78 is 10.2. The van der Waals surface area contributed by atoms with E-state index in [0.29, 0.717) is 16.9 Å². The predicted molar refractivity (Wildman–Crippen MR) is 94.9 cm³/mol. The summed E-state index contributed by atoms with van der Waals surface area (Å²) in [7, 11) is 2.87. The molecule has 0 bridgehead atoms. The zero-order valence-corrected chi connectivity index (χ0v) is 13.8. The molecule has 0 saturated carbocycles. The molecular formula is C19H18O6. The van der Waals surface area contributed by atoms with Gasteiger partial charge in [-0.2, -0.15) is 0 Å². The van der Waals surface area contributed by atoms with Crippen LogP contribution in [0.2, 0.25) is 0 Å². The largest absolute Gasteiger partial charge is 0.504 e. The van der Waals surface area contributed by atoms with Gasteiger partial charge >= 0.3 is 5.97 Å².